The molecule has 1 aliphatic heterocycles. The zero-order valence-corrected chi connectivity index (χ0v) is 19.9. The lowest BCUT2D eigenvalue weighted by Gasteiger charge is -2.25. The van der Waals surface area contributed by atoms with Gasteiger partial charge in [0.25, 0.3) is 5.91 Å². The number of carbonyl (C=O) groups is 3. The minimum atomic E-state index is -0.441. The SMILES string of the molecule is COC(=O)CCN1CC(OCc2cccc(OC)c2)CN(C(=O)c2ccc3cc[nH]c3c2)CC1=O. The molecule has 1 fully saturated rings. The van der Waals surface area contributed by atoms with Gasteiger partial charge in [-0.2, -0.15) is 0 Å². The van der Waals surface area contributed by atoms with Gasteiger partial charge in [-0.3, -0.25) is 14.4 Å². The quantitative estimate of drug-likeness (QED) is 0.499. The maximum absolute atomic E-state index is 13.4. The highest BCUT2D eigenvalue weighted by Crippen LogP contribution is 2.19. The number of methoxy groups -OCH3 is 2. The van der Waals surface area contributed by atoms with E-state index in [4.69, 9.17) is 14.2 Å². The van der Waals surface area contributed by atoms with Gasteiger partial charge < -0.3 is 29.0 Å². The number of esters is 1. The largest absolute Gasteiger partial charge is 0.497 e. The Hall–Kier alpha value is -3.85. The van der Waals surface area contributed by atoms with E-state index in [-0.39, 0.29) is 51.0 Å². The van der Waals surface area contributed by atoms with Gasteiger partial charge in [-0.15, -0.1) is 0 Å². The molecule has 2 aromatic carbocycles. The van der Waals surface area contributed by atoms with E-state index in [9.17, 15) is 14.4 Å². The summed E-state index contributed by atoms with van der Waals surface area (Å²) < 4.78 is 16.2. The number of H-pyrrole nitrogens is 1. The monoisotopic (exact) mass is 479 g/mol. The molecule has 184 valence electrons. The molecule has 0 aliphatic carbocycles. The topological polar surface area (TPSA) is 101 Å². The maximum atomic E-state index is 13.4. The first-order chi connectivity index (χ1) is 17.0. The van der Waals surface area contributed by atoms with Crippen LogP contribution in [0.5, 0.6) is 5.75 Å². The third-order valence-electron chi connectivity index (χ3n) is 6.05. The molecular formula is C26H29N3O6. The second-order valence-electron chi connectivity index (χ2n) is 8.42. The first kappa shape index (κ1) is 24.3. The second-order valence-corrected chi connectivity index (χ2v) is 8.42. The van der Waals surface area contributed by atoms with Gasteiger partial charge in [0.15, 0.2) is 0 Å². The first-order valence-electron chi connectivity index (χ1n) is 11.4. The summed E-state index contributed by atoms with van der Waals surface area (Å²) in [6.07, 6.45) is 1.45. The highest BCUT2D eigenvalue weighted by Gasteiger charge is 2.31. The van der Waals surface area contributed by atoms with Gasteiger partial charge in [0.1, 0.15) is 12.3 Å². The fourth-order valence-corrected chi connectivity index (χ4v) is 4.12. The summed E-state index contributed by atoms with van der Waals surface area (Å²) in [6.45, 7) is 0.894. The molecule has 1 unspecified atom stereocenters. The molecule has 0 spiro atoms. The van der Waals surface area contributed by atoms with Crippen LogP contribution in [0, 0.1) is 0 Å². The molecule has 35 heavy (non-hydrogen) atoms. The van der Waals surface area contributed by atoms with Gasteiger partial charge >= 0.3 is 5.97 Å². The molecule has 1 aromatic heterocycles. The van der Waals surface area contributed by atoms with Crippen LogP contribution >= 0.6 is 0 Å². The van der Waals surface area contributed by atoms with Crippen molar-refractivity contribution in [3.8, 4) is 5.75 Å². The zero-order chi connectivity index (χ0) is 24.8. The number of fused-ring (bicyclic) bond motifs is 1. The lowest BCUT2D eigenvalue weighted by Crippen LogP contribution is -2.40. The van der Waals surface area contributed by atoms with E-state index >= 15 is 0 Å². The standard InChI is InChI=1S/C26H29N3O6/c1-33-21-5-3-4-18(12-21)17-35-22-14-28(11-9-25(31)34-2)24(30)16-29(15-22)26(32)20-7-6-19-8-10-27-23(19)13-20/h3-8,10,12-13,22,27H,9,11,14-17H2,1-2H3. The Kier molecular flexibility index (Phi) is 7.67. The van der Waals surface area contributed by atoms with Crippen LogP contribution in [0.15, 0.2) is 54.7 Å². The minimum Gasteiger partial charge on any atom is -0.497 e. The molecular weight excluding hydrogens is 450 g/mol. The summed E-state index contributed by atoms with van der Waals surface area (Å²) in [7, 11) is 2.91. The Morgan fingerprint density at radius 3 is 2.74 bits per heavy atom. The molecule has 1 aliphatic rings. The molecule has 1 atom stereocenters. The maximum Gasteiger partial charge on any atom is 0.307 e. The van der Waals surface area contributed by atoms with E-state index in [0.717, 1.165) is 22.2 Å². The van der Waals surface area contributed by atoms with Gasteiger partial charge in [0.2, 0.25) is 5.91 Å². The number of amides is 2. The van der Waals surface area contributed by atoms with E-state index in [2.05, 4.69) is 4.98 Å². The van der Waals surface area contributed by atoms with Crippen molar-refractivity contribution in [2.45, 2.75) is 19.1 Å². The van der Waals surface area contributed by atoms with Crippen molar-refractivity contribution in [3.05, 3.63) is 65.9 Å². The lowest BCUT2D eigenvalue weighted by atomic mass is 10.1. The first-order valence-corrected chi connectivity index (χ1v) is 11.4. The average Bonchev–Trinajstić information content (AvgIpc) is 3.29. The summed E-state index contributed by atoms with van der Waals surface area (Å²) in [5.74, 6) is -0.170. The number of benzene rings is 2. The van der Waals surface area contributed by atoms with Crippen molar-refractivity contribution in [1.82, 2.24) is 14.8 Å². The summed E-state index contributed by atoms with van der Waals surface area (Å²) >= 11 is 0. The predicted octanol–water partition coefficient (Wildman–Crippen LogP) is 2.61. The molecule has 3 aromatic rings. The summed E-state index contributed by atoms with van der Waals surface area (Å²) in [4.78, 5) is 44.3. The van der Waals surface area contributed by atoms with Crippen molar-refractivity contribution in [2.24, 2.45) is 0 Å². The third kappa shape index (κ3) is 5.99. The van der Waals surface area contributed by atoms with Crippen LogP contribution in [0.2, 0.25) is 0 Å². The van der Waals surface area contributed by atoms with E-state index in [1.165, 1.54) is 12.0 Å². The van der Waals surface area contributed by atoms with Gasteiger partial charge in [-0.1, -0.05) is 18.2 Å². The van der Waals surface area contributed by atoms with Crippen molar-refractivity contribution in [1.29, 1.82) is 0 Å². The fourth-order valence-electron chi connectivity index (χ4n) is 4.12. The van der Waals surface area contributed by atoms with Crippen molar-refractivity contribution >= 4 is 28.7 Å². The Morgan fingerprint density at radius 2 is 1.94 bits per heavy atom. The Balaban J connectivity index is 1.52. The fraction of sp³-hybridized carbons (Fsp3) is 0.346. The summed E-state index contributed by atoms with van der Waals surface area (Å²) in [6, 6.07) is 14.9. The van der Waals surface area contributed by atoms with Crippen LogP contribution in [0.1, 0.15) is 22.3 Å². The van der Waals surface area contributed by atoms with Crippen molar-refractivity contribution < 1.29 is 28.6 Å². The molecule has 2 heterocycles. The number of aromatic nitrogens is 1. The molecule has 4 rings (SSSR count). The van der Waals surface area contributed by atoms with Crippen LogP contribution in [-0.4, -0.2) is 79.1 Å². The molecule has 9 heteroatoms. The second kappa shape index (κ2) is 11.1. The van der Waals surface area contributed by atoms with E-state index in [1.807, 2.05) is 42.6 Å². The number of hydrogen-bond donors (Lipinski definition) is 1. The van der Waals surface area contributed by atoms with Gasteiger partial charge in [-0.25, -0.2) is 0 Å². The Labute approximate surface area is 203 Å². The average molecular weight is 480 g/mol. The Morgan fingerprint density at radius 1 is 1.09 bits per heavy atom. The number of carbonyl (C=O) groups excluding carboxylic acids is 3. The smallest absolute Gasteiger partial charge is 0.307 e. The van der Waals surface area contributed by atoms with Crippen LogP contribution in [-0.2, 0) is 25.7 Å². The van der Waals surface area contributed by atoms with Crippen molar-refractivity contribution in [2.75, 3.05) is 40.4 Å². The van der Waals surface area contributed by atoms with Crippen LogP contribution in [0.25, 0.3) is 10.9 Å². The molecule has 0 saturated carbocycles. The number of nitrogens with zero attached hydrogens (tertiary/aromatic N) is 2. The molecule has 9 nitrogen and oxygen atoms in total. The van der Waals surface area contributed by atoms with Gasteiger partial charge in [0, 0.05) is 36.9 Å². The Bertz CT molecular complexity index is 1210. The molecule has 0 bridgehead atoms. The molecule has 2 amide bonds. The number of ether oxygens (including phenoxy) is 3. The van der Waals surface area contributed by atoms with Crippen LogP contribution in [0.4, 0.5) is 0 Å². The third-order valence-corrected chi connectivity index (χ3v) is 6.05. The summed E-state index contributed by atoms with van der Waals surface area (Å²) in [5, 5.41) is 1.00. The number of hydrogen-bond acceptors (Lipinski definition) is 6. The summed E-state index contributed by atoms with van der Waals surface area (Å²) in [5.41, 5.74) is 2.25. The predicted molar refractivity (Wildman–Crippen MR) is 129 cm³/mol. The number of nitrogens with one attached hydrogen (secondary N) is 1. The molecule has 1 saturated heterocycles. The number of aromatic amines is 1. The van der Waals surface area contributed by atoms with E-state index < -0.39 is 12.1 Å². The molecule has 1 N–H and O–H groups in total. The number of rotatable bonds is 8. The minimum absolute atomic E-state index is 0.0717. The van der Waals surface area contributed by atoms with Crippen LogP contribution in [0.3, 0.4) is 0 Å². The van der Waals surface area contributed by atoms with E-state index in [0.29, 0.717) is 5.56 Å². The molecule has 0 radical (unpaired) electrons. The van der Waals surface area contributed by atoms with Gasteiger partial charge in [-0.05, 0) is 41.3 Å². The highest BCUT2D eigenvalue weighted by atomic mass is 16.5. The lowest BCUT2D eigenvalue weighted by molar-refractivity contribution is -0.142. The van der Waals surface area contributed by atoms with Gasteiger partial charge in [0.05, 0.1) is 33.4 Å². The van der Waals surface area contributed by atoms with E-state index in [1.54, 1.807) is 24.1 Å². The normalized spacial score (nSPS) is 16.3. The highest BCUT2D eigenvalue weighted by molar-refractivity contribution is 5.99. The van der Waals surface area contributed by atoms with Crippen molar-refractivity contribution in [3.63, 3.8) is 0 Å². The zero-order valence-electron chi connectivity index (χ0n) is 19.9. The van der Waals surface area contributed by atoms with Crippen LogP contribution < -0.4 is 4.74 Å².